The summed E-state index contributed by atoms with van der Waals surface area (Å²) in [7, 11) is -3.30. The predicted molar refractivity (Wildman–Crippen MR) is 89.6 cm³/mol. The van der Waals surface area contributed by atoms with Crippen LogP contribution in [-0.2, 0) is 14.6 Å². The van der Waals surface area contributed by atoms with Crippen LogP contribution in [-0.4, -0.2) is 71.9 Å². The number of piperazine rings is 1. The van der Waals surface area contributed by atoms with Crippen LogP contribution >= 0.6 is 0 Å². The Kier molecular flexibility index (Phi) is 4.86. The van der Waals surface area contributed by atoms with Crippen LogP contribution in [0.2, 0.25) is 0 Å². The van der Waals surface area contributed by atoms with Gasteiger partial charge >= 0.3 is 0 Å². The highest BCUT2D eigenvalue weighted by atomic mass is 32.2. The van der Waals surface area contributed by atoms with Crippen molar-refractivity contribution in [1.82, 2.24) is 15.0 Å². The summed E-state index contributed by atoms with van der Waals surface area (Å²) in [6, 6.07) is 0.451. The number of aromatic nitrogens is 1. The smallest absolute Gasteiger partial charge is 0.276 e. The van der Waals surface area contributed by atoms with Crippen molar-refractivity contribution in [2.24, 2.45) is 5.92 Å². The zero-order valence-corrected chi connectivity index (χ0v) is 15.2. The molecular formula is C16H23N3O5S. The molecule has 0 spiro atoms. The lowest BCUT2D eigenvalue weighted by Gasteiger charge is -2.44. The zero-order valence-electron chi connectivity index (χ0n) is 14.4. The highest BCUT2D eigenvalue weighted by molar-refractivity contribution is 7.91. The molecule has 2 saturated heterocycles. The predicted octanol–water partition coefficient (Wildman–Crippen LogP) is 0.561. The molecule has 2 aliphatic rings. The number of sulfone groups is 1. The lowest BCUT2D eigenvalue weighted by atomic mass is 9.97. The third kappa shape index (κ3) is 3.29. The number of nitrogens with zero attached hydrogens (tertiary/aromatic N) is 3. The minimum atomic E-state index is -3.30. The molecule has 1 aromatic rings. The van der Waals surface area contributed by atoms with Gasteiger partial charge in [-0.3, -0.25) is 9.59 Å². The molecular weight excluding hydrogens is 346 g/mol. The number of rotatable bonds is 4. The highest BCUT2D eigenvalue weighted by Crippen LogP contribution is 2.30. The Hall–Kier alpha value is -1.90. The standard InChI is InChI=1S/C16H23N3O5S/c1-3-11(4-2)15(20)18-6-7-19(16(21)12-5-8-24-17-12)14-10-25(22,23)9-13(14)18/h5,8,11,13-14H,3-4,6-7,9-10H2,1-2H3/t13-,14+/m0/s1. The van der Waals surface area contributed by atoms with E-state index in [1.807, 2.05) is 13.8 Å². The number of carbonyl (C=O) groups excluding carboxylic acids is 2. The minimum absolute atomic E-state index is 0.00867. The molecule has 0 saturated carbocycles. The summed E-state index contributed by atoms with van der Waals surface area (Å²) >= 11 is 0. The molecule has 2 aliphatic heterocycles. The normalized spacial score (nSPS) is 25.2. The first-order valence-corrected chi connectivity index (χ1v) is 10.4. The summed E-state index contributed by atoms with van der Waals surface area (Å²) in [6.07, 6.45) is 2.75. The summed E-state index contributed by atoms with van der Waals surface area (Å²) in [4.78, 5) is 28.7. The van der Waals surface area contributed by atoms with E-state index in [1.165, 1.54) is 17.2 Å². The second-order valence-corrected chi connectivity index (χ2v) is 8.79. The van der Waals surface area contributed by atoms with Crippen LogP contribution in [0, 0.1) is 5.92 Å². The first-order chi connectivity index (χ1) is 11.9. The van der Waals surface area contributed by atoms with Gasteiger partial charge in [0.15, 0.2) is 15.5 Å². The minimum Gasteiger partial charge on any atom is -0.364 e. The first-order valence-electron chi connectivity index (χ1n) is 8.60. The zero-order chi connectivity index (χ0) is 18.2. The number of carbonyl (C=O) groups is 2. The molecule has 1 aromatic heterocycles. The van der Waals surface area contributed by atoms with E-state index in [4.69, 9.17) is 4.52 Å². The van der Waals surface area contributed by atoms with E-state index < -0.39 is 21.9 Å². The average Bonchev–Trinajstić information content (AvgIpc) is 3.20. The van der Waals surface area contributed by atoms with E-state index in [1.54, 1.807) is 4.90 Å². The van der Waals surface area contributed by atoms with Gasteiger partial charge in [-0.15, -0.1) is 0 Å². The molecule has 25 heavy (non-hydrogen) atoms. The average molecular weight is 369 g/mol. The van der Waals surface area contributed by atoms with Crippen LogP contribution in [0.3, 0.4) is 0 Å². The maximum atomic E-state index is 12.8. The van der Waals surface area contributed by atoms with Crippen molar-refractivity contribution in [2.75, 3.05) is 24.6 Å². The van der Waals surface area contributed by atoms with Crippen molar-refractivity contribution in [2.45, 2.75) is 38.8 Å². The molecule has 2 amide bonds. The van der Waals surface area contributed by atoms with E-state index in [9.17, 15) is 18.0 Å². The molecule has 3 rings (SSSR count). The van der Waals surface area contributed by atoms with Crippen molar-refractivity contribution in [3.8, 4) is 0 Å². The van der Waals surface area contributed by atoms with Crippen molar-refractivity contribution in [3.05, 3.63) is 18.0 Å². The van der Waals surface area contributed by atoms with Crippen LogP contribution in [0.5, 0.6) is 0 Å². The second kappa shape index (κ2) is 6.78. The van der Waals surface area contributed by atoms with Crippen molar-refractivity contribution >= 4 is 21.7 Å². The number of fused-ring (bicyclic) bond motifs is 1. The monoisotopic (exact) mass is 369 g/mol. The Labute approximate surface area is 147 Å². The van der Waals surface area contributed by atoms with Crippen LogP contribution in [0.15, 0.2) is 16.9 Å². The second-order valence-electron chi connectivity index (χ2n) is 6.64. The highest BCUT2D eigenvalue weighted by Gasteiger charge is 2.50. The van der Waals surface area contributed by atoms with Crippen molar-refractivity contribution < 1.29 is 22.5 Å². The van der Waals surface area contributed by atoms with Gasteiger partial charge in [0.05, 0.1) is 23.6 Å². The van der Waals surface area contributed by atoms with E-state index in [0.29, 0.717) is 13.1 Å². The Bertz CT molecular complexity index is 742. The molecule has 0 unspecified atom stereocenters. The number of hydrogen-bond acceptors (Lipinski definition) is 6. The molecule has 0 bridgehead atoms. The third-order valence-electron chi connectivity index (χ3n) is 5.21. The fraction of sp³-hybridized carbons (Fsp3) is 0.688. The lowest BCUT2D eigenvalue weighted by Crippen LogP contribution is -2.62. The SMILES string of the molecule is CCC(CC)C(=O)N1CCN(C(=O)c2ccon2)[C@@H]2CS(=O)(=O)C[C@@H]21. The topological polar surface area (TPSA) is 101 Å². The molecule has 138 valence electrons. The quantitative estimate of drug-likeness (QED) is 0.769. The van der Waals surface area contributed by atoms with E-state index >= 15 is 0 Å². The van der Waals surface area contributed by atoms with Gasteiger partial charge in [-0.05, 0) is 12.8 Å². The lowest BCUT2D eigenvalue weighted by molar-refractivity contribution is -0.141. The Morgan fingerprint density at radius 3 is 2.36 bits per heavy atom. The first kappa shape index (κ1) is 17.9. The third-order valence-corrected chi connectivity index (χ3v) is 6.91. The van der Waals surface area contributed by atoms with Crippen LogP contribution in [0.1, 0.15) is 37.2 Å². The van der Waals surface area contributed by atoms with Gasteiger partial charge in [0, 0.05) is 25.1 Å². The summed E-state index contributed by atoms with van der Waals surface area (Å²) in [5.74, 6) is -0.678. The van der Waals surface area contributed by atoms with Gasteiger partial charge in [-0.25, -0.2) is 8.42 Å². The molecule has 9 heteroatoms. The van der Waals surface area contributed by atoms with Crippen molar-refractivity contribution in [1.29, 1.82) is 0 Å². The van der Waals surface area contributed by atoms with E-state index in [2.05, 4.69) is 5.16 Å². The van der Waals surface area contributed by atoms with Gasteiger partial charge in [0.25, 0.3) is 5.91 Å². The van der Waals surface area contributed by atoms with Gasteiger partial charge in [-0.2, -0.15) is 0 Å². The van der Waals surface area contributed by atoms with Gasteiger partial charge in [0.2, 0.25) is 5.91 Å². The van der Waals surface area contributed by atoms with Crippen LogP contribution in [0.25, 0.3) is 0 Å². The summed E-state index contributed by atoms with van der Waals surface area (Å²) in [6.45, 7) is 4.56. The molecule has 0 N–H and O–H groups in total. The van der Waals surface area contributed by atoms with Gasteiger partial charge < -0.3 is 14.3 Å². The maximum Gasteiger partial charge on any atom is 0.276 e. The largest absolute Gasteiger partial charge is 0.364 e. The van der Waals surface area contributed by atoms with Gasteiger partial charge in [-0.1, -0.05) is 19.0 Å². The van der Waals surface area contributed by atoms with Crippen LogP contribution < -0.4 is 0 Å². The number of hydrogen-bond donors (Lipinski definition) is 0. The molecule has 0 aliphatic carbocycles. The molecule has 0 radical (unpaired) electrons. The fourth-order valence-electron chi connectivity index (χ4n) is 3.82. The van der Waals surface area contributed by atoms with E-state index in [-0.39, 0.29) is 34.9 Å². The molecule has 2 fully saturated rings. The van der Waals surface area contributed by atoms with Gasteiger partial charge in [0.1, 0.15) is 6.26 Å². The van der Waals surface area contributed by atoms with E-state index in [0.717, 1.165) is 12.8 Å². The van der Waals surface area contributed by atoms with Crippen LogP contribution in [0.4, 0.5) is 0 Å². The maximum absolute atomic E-state index is 12.8. The molecule has 0 aromatic carbocycles. The Morgan fingerprint density at radius 1 is 1.20 bits per heavy atom. The van der Waals surface area contributed by atoms with Crippen molar-refractivity contribution in [3.63, 3.8) is 0 Å². The molecule has 8 nitrogen and oxygen atoms in total. The number of amides is 2. The summed E-state index contributed by atoms with van der Waals surface area (Å²) in [5, 5.41) is 3.65. The summed E-state index contributed by atoms with van der Waals surface area (Å²) in [5.41, 5.74) is 0.155. The Morgan fingerprint density at radius 2 is 1.80 bits per heavy atom. The fourth-order valence-corrected chi connectivity index (χ4v) is 5.80. The molecule has 3 heterocycles. The summed E-state index contributed by atoms with van der Waals surface area (Å²) < 4.78 is 29.2. The molecule has 2 atom stereocenters. The Balaban J connectivity index is 1.87.